The summed E-state index contributed by atoms with van der Waals surface area (Å²) in [6.45, 7) is 1.37. The first-order valence-electron chi connectivity index (χ1n) is 5.12. The molecule has 0 aliphatic carbocycles. The zero-order valence-electron chi connectivity index (χ0n) is 9.61. The van der Waals surface area contributed by atoms with Crippen LogP contribution in [0, 0.1) is 18.3 Å². The number of ether oxygens (including phenoxy) is 1. The fraction of sp³-hybridized carbons (Fsp3) is 0.455. The van der Waals surface area contributed by atoms with Crippen LogP contribution in [0.1, 0.15) is 12.8 Å². The molecule has 0 aromatic carbocycles. The molecule has 1 aliphatic heterocycles. The first kappa shape index (κ1) is 15.0. The van der Waals surface area contributed by atoms with Gasteiger partial charge in [-0.1, -0.05) is 0 Å². The Labute approximate surface area is 101 Å². The number of amidine groups is 1. The van der Waals surface area contributed by atoms with Gasteiger partial charge in [0.05, 0.1) is 12.2 Å². The van der Waals surface area contributed by atoms with Crippen molar-refractivity contribution in [1.82, 2.24) is 5.32 Å². The lowest BCUT2D eigenvalue weighted by Crippen LogP contribution is -2.35. The topological polar surface area (TPSA) is 114 Å². The Kier molecular flexibility index (Phi) is 7.22. The van der Waals surface area contributed by atoms with Gasteiger partial charge in [0.1, 0.15) is 5.84 Å². The summed E-state index contributed by atoms with van der Waals surface area (Å²) in [5, 5.41) is 10.1. The summed E-state index contributed by atoms with van der Waals surface area (Å²) < 4.78 is 5.24. The lowest BCUT2D eigenvalue weighted by Gasteiger charge is -2.22. The van der Waals surface area contributed by atoms with E-state index in [-0.39, 0.29) is 17.5 Å². The van der Waals surface area contributed by atoms with Crippen LogP contribution >= 0.6 is 0 Å². The molecule has 1 aliphatic rings. The number of nitrogens with one attached hydrogen (secondary N) is 2. The van der Waals surface area contributed by atoms with Crippen LogP contribution in [0.2, 0.25) is 0 Å². The average molecular weight is 238 g/mol. The largest absolute Gasteiger partial charge is 0.385 e. The van der Waals surface area contributed by atoms with Gasteiger partial charge in [-0.2, -0.15) is 0 Å². The van der Waals surface area contributed by atoms with Crippen molar-refractivity contribution in [1.29, 1.82) is 5.41 Å². The molecule has 6 nitrogen and oxygen atoms in total. The summed E-state index contributed by atoms with van der Waals surface area (Å²) in [6.07, 6.45) is 11.3. The van der Waals surface area contributed by atoms with E-state index in [1.54, 1.807) is 0 Å². The van der Waals surface area contributed by atoms with Crippen molar-refractivity contribution in [3.63, 3.8) is 0 Å². The van der Waals surface area contributed by atoms with Gasteiger partial charge in [-0.05, 0) is 12.8 Å². The molecule has 0 aromatic rings. The first-order chi connectivity index (χ1) is 8.11. The smallest absolute Gasteiger partial charge is 0.253 e. The molecule has 1 amide bonds. The molecule has 0 radical (unpaired) electrons. The van der Waals surface area contributed by atoms with E-state index < -0.39 is 5.91 Å². The molecule has 1 heterocycles. The minimum absolute atomic E-state index is 0.000531. The fourth-order valence-corrected chi connectivity index (χ4v) is 1.35. The molecule has 1 saturated heterocycles. The maximum atomic E-state index is 10.9. The van der Waals surface area contributed by atoms with Gasteiger partial charge < -0.3 is 21.5 Å². The third-order valence-corrected chi connectivity index (χ3v) is 2.18. The molecular weight excluding hydrogens is 220 g/mol. The molecule has 0 aromatic heterocycles. The summed E-state index contributed by atoms with van der Waals surface area (Å²) in [4.78, 5) is 10.9. The number of amides is 1. The predicted octanol–water partition coefficient (Wildman–Crippen LogP) is -0.690. The summed E-state index contributed by atoms with van der Waals surface area (Å²) in [6, 6.07) is 0.160. The number of hydrogen-bond donors (Lipinski definition) is 4. The van der Waals surface area contributed by atoms with Crippen molar-refractivity contribution in [2.45, 2.75) is 18.9 Å². The Morgan fingerprint density at radius 2 is 2.12 bits per heavy atom. The summed E-state index contributed by atoms with van der Waals surface area (Å²) in [5.74, 6) is -1.03. The Morgan fingerprint density at radius 3 is 2.53 bits per heavy atom. The monoisotopic (exact) mass is 238 g/mol. The van der Waals surface area contributed by atoms with Crippen LogP contribution in [0.3, 0.4) is 0 Å². The van der Waals surface area contributed by atoms with E-state index in [1.165, 1.54) is 6.20 Å². The summed E-state index contributed by atoms with van der Waals surface area (Å²) >= 11 is 0. The molecule has 0 bridgehead atoms. The Morgan fingerprint density at radius 1 is 1.47 bits per heavy atom. The molecule has 17 heavy (non-hydrogen) atoms. The van der Waals surface area contributed by atoms with Gasteiger partial charge in [0.15, 0.2) is 0 Å². The molecule has 1 atom stereocenters. The number of hydrogen-bond acceptors (Lipinski definition) is 4. The SMILES string of the molecule is C#C.N=C(N)/C(=C\NC1CCCOC1)C(N)=O. The van der Waals surface area contributed by atoms with E-state index in [1.807, 2.05) is 0 Å². The van der Waals surface area contributed by atoms with Crippen LogP contribution in [-0.2, 0) is 9.53 Å². The normalized spacial score (nSPS) is 19.6. The molecule has 0 saturated carbocycles. The summed E-state index contributed by atoms with van der Waals surface area (Å²) in [7, 11) is 0. The zero-order valence-corrected chi connectivity index (χ0v) is 9.61. The molecule has 1 rings (SSSR count). The molecule has 94 valence electrons. The van der Waals surface area contributed by atoms with Crippen molar-refractivity contribution in [3.8, 4) is 12.8 Å². The van der Waals surface area contributed by atoms with E-state index in [9.17, 15) is 4.79 Å². The van der Waals surface area contributed by atoms with Gasteiger partial charge >= 0.3 is 0 Å². The Hall–Kier alpha value is -2.00. The number of carbonyl (C=O) groups is 1. The van der Waals surface area contributed by atoms with Crippen LogP contribution in [0.5, 0.6) is 0 Å². The van der Waals surface area contributed by atoms with Crippen LogP contribution in [0.15, 0.2) is 11.8 Å². The quantitative estimate of drug-likeness (QED) is 0.224. The van der Waals surface area contributed by atoms with E-state index in [0.29, 0.717) is 6.61 Å². The third kappa shape index (κ3) is 5.58. The Bertz CT molecular complexity index is 301. The number of terminal acetylenes is 1. The second-order valence-electron chi connectivity index (χ2n) is 3.42. The minimum Gasteiger partial charge on any atom is -0.385 e. The number of nitrogens with two attached hydrogens (primary N) is 2. The van der Waals surface area contributed by atoms with Crippen LogP contribution in [-0.4, -0.2) is 31.0 Å². The zero-order chi connectivity index (χ0) is 13.3. The van der Waals surface area contributed by atoms with Crippen LogP contribution in [0.25, 0.3) is 0 Å². The van der Waals surface area contributed by atoms with E-state index >= 15 is 0 Å². The standard InChI is InChI=1S/C9H16N4O2.C2H2/c10-8(11)7(9(12)14)4-13-6-2-1-3-15-5-6;1-2/h4,6,13H,1-3,5H2,(H3,10,11)(H2,12,14);1-2H/b7-4+;. The molecule has 1 fully saturated rings. The lowest BCUT2D eigenvalue weighted by molar-refractivity contribution is -0.114. The maximum Gasteiger partial charge on any atom is 0.253 e. The van der Waals surface area contributed by atoms with Crippen LogP contribution in [0.4, 0.5) is 0 Å². The minimum atomic E-state index is -0.702. The highest BCUT2D eigenvalue weighted by atomic mass is 16.5. The molecular formula is C11H18N4O2. The highest BCUT2D eigenvalue weighted by Gasteiger charge is 2.13. The van der Waals surface area contributed by atoms with Crippen molar-refractivity contribution in [2.24, 2.45) is 11.5 Å². The van der Waals surface area contributed by atoms with E-state index in [4.69, 9.17) is 21.6 Å². The second kappa shape index (κ2) is 8.19. The molecule has 6 N–H and O–H groups in total. The highest BCUT2D eigenvalue weighted by Crippen LogP contribution is 2.05. The van der Waals surface area contributed by atoms with Crippen molar-refractivity contribution in [2.75, 3.05) is 13.2 Å². The highest BCUT2D eigenvalue weighted by molar-refractivity contribution is 6.18. The van der Waals surface area contributed by atoms with Gasteiger partial charge in [0, 0.05) is 18.8 Å². The summed E-state index contributed by atoms with van der Waals surface area (Å²) in [5.41, 5.74) is 10.3. The van der Waals surface area contributed by atoms with E-state index in [0.717, 1.165) is 19.4 Å². The average Bonchev–Trinajstić information content (AvgIpc) is 2.32. The van der Waals surface area contributed by atoms with Gasteiger partial charge in [-0.15, -0.1) is 12.8 Å². The first-order valence-corrected chi connectivity index (χ1v) is 5.12. The number of carbonyl (C=O) groups excluding carboxylic acids is 1. The van der Waals surface area contributed by atoms with Crippen molar-refractivity contribution in [3.05, 3.63) is 11.8 Å². The predicted molar refractivity (Wildman–Crippen MR) is 66.1 cm³/mol. The van der Waals surface area contributed by atoms with Gasteiger partial charge in [-0.3, -0.25) is 10.2 Å². The number of rotatable bonds is 4. The lowest BCUT2D eigenvalue weighted by atomic mass is 10.1. The van der Waals surface area contributed by atoms with E-state index in [2.05, 4.69) is 18.2 Å². The van der Waals surface area contributed by atoms with Gasteiger partial charge in [0.25, 0.3) is 5.91 Å². The molecule has 0 spiro atoms. The fourth-order valence-electron chi connectivity index (χ4n) is 1.35. The Balaban J connectivity index is 0.00000121. The molecule has 1 unspecified atom stereocenters. The number of primary amides is 1. The maximum absolute atomic E-state index is 10.9. The van der Waals surface area contributed by atoms with Gasteiger partial charge in [0.2, 0.25) is 0 Å². The van der Waals surface area contributed by atoms with Crippen molar-refractivity contribution >= 4 is 11.7 Å². The second-order valence-corrected chi connectivity index (χ2v) is 3.42. The third-order valence-electron chi connectivity index (χ3n) is 2.18. The van der Waals surface area contributed by atoms with Gasteiger partial charge in [-0.25, -0.2) is 0 Å². The van der Waals surface area contributed by atoms with Crippen molar-refractivity contribution < 1.29 is 9.53 Å². The van der Waals surface area contributed by atoms with Crippen LogP contribution < -0.4 is 16.8 Å². The molecule has 6 heteroatoms.